The van der Waals surface area contributed by atoms with Crippen LogP contribution in [0.4, 0.5) is 0 Å². The van der Waals surface area contributed by atoms with Gasteiger partial charge in [-0.2, -0.15) is 10.2 Å². The van der Waals surface area contributed by atoms with Crippen LogP contribution in [0.3, 0.4) is 0 Å². The van der Waals surface area contributed by atoms with Crippen LogP contribution in [0.15, 0.2) is 4.52 Å². The van der Waals surface area contributed by atoms with Crippen molar-refractivity contribution in [1.29, 1.82) is 5.26 Å². The number of nitriles is 1. The van der Waals surface area contributed by atoms with Crippen molar-refractivity contribution in [2.75, 3.05) is 0 Å². The third-order valence-corrected chi connectivity index (χ3v) is 3.89. The van der Waals surface area contributed by atoms with Crippen molar-refractivity contribution in [3.63, 3.8) is 0 Å². The fraction of sp³-hybridized carbons (Fsp3) is 0.769. The minimum absolute atomic E-state index is 0.0435. The van der Waals surface area contributed by atoms with E-state index in [0.29, 0.717) is 24.7 Å². The Labute approximate surface area is 102 Å². The van der Waals surface area contributed by atoms with E-state index in [2.05, 4.69) is 30.1 Å². The molecule has 1 fully saturated rings. The molecule has 1 unspecified atom stereocenters. The Morgan fingerprint density at radius 2 is 2.29 bits per heavy atom. The van der Waals surface area contributed by atoms with Gasteiger partial charge in [0, 0.05) is 18.8 Å². The van der Waals surface area contributed by atoms with Crippen LogP contribution in [0.2, 0.25) is 0 Å². The SMILES string of the molecule is CCC(C)(CC#N)Cc1nc(C2CCC2)no1. The zero-order valence-corrected chi connectivity index (χ0v) is 10.6. The fourth-order valence-electron chi connectivity index (χ4n) is 2.04. The highest BCUT2D eigenvalue weighted by molar-refractivity contribution is 5.01. The molecule has 2 rings (SSSR count). The Kier molecular flexibility index (Phi) is 3.46. The lowest BCUT2D eigenvalue weighted by atomic mass is 9.81. The number of rotatable bonds is 5. The second kappa shape index (κ2) is 4.87. The van der Waals surface area contributed by atoms with Gasteiger partial charge in [0.05, 0.1) is 6.07 Å². The normalized spacial score (nSPS) is 19.4. The molecule has 0 saturated heterocycles. The molecule has 17 heavy (non-hydrogen) atoms. The molecule has 0 bridgehead atoms. The van der Waals surface area contributed by atoms with Crippen molar-refractivity contribution in [3.8, 4) is 6.07 Å². The quantitative estimate of drug-likeness (QED) is 0.783. The molecule has 92 valence electrons. The maximum absolute atomic E-state index is 8.83. The summed E-state index contributed by atoms with van der Waals surface area (Å²) < 4.78 is 5.29. The molecule has 0 N–H and O–H groups in total. The van der Waals surface area contributed by atoms with Crippen LogP contribution in [0.1, 0.15) is 63.6 Å². The van der Waals surface area contributed by atoms with Crippen molar-refractivity contribution >= 4 is 0 Å². The van der Waals surface area contributed by atoms with E-state index in [1.165, 1.54) is 19.3 Å². The third-order valence-electron chi connectivity index (χ3n) is 3.89. The molecule has 0 amide bonds. The number of hydrogen-bond acceptors (Lipinski definition) is 4. The van der Waals surface area contributed by atoms with Gasteiger partial charge in [-0.05, 0) is 24.7 Å². The highest BCUT2D eigenvalue weighted by Crippen LogP contribution is 2.35. The van der Waals surface area contributed by atoms with Crippen molar-refractivity contribution in [2.45, 2.75) is 58.3 Å². The van der Waals surface area contributed by atoms with Gasteiger partial charge in [-0.25, -0.2) is 0 Å². The Hall–Kier alpha value is -1.37. The maximum atomic E-state index is 8.83. The number of nitrogens with zero attached hydrogens (tertiary/aromatic N) is 3. The largest absolute Gasteiger partial charge is 0.339 e. The molecular weight excluding hydrogens is 214 g/mol. The van der Waals surface area contributed by atoms with Gasteiger partial charge in [-0.3, -0.25) is 0 Å². The summed E-state index contributed by atoms with van der Waals surface area (Å²) in [6, 6.07) is 2.24. The fourth-order valence-corrected chi connectivity index (χ4v) is 2.04. The van der Waals surface area contributed by atoms with E-state index in [4.69, 9.17) is 9.78 Å². The predicted molar refractivity (Wildman–Crippen MR) is 63.2 cm³/mol. The van der Waals surface area contributed by atoms with Gasteiger partial charge < -0.3 is 4.52 Å². The smallest absolute Gasteiger partial charge is 0.227 e. The Bertz CT molecular complexity index is 417. The first-order valence-electron chi connectivity index (χ1n) is 6.36. The molecule has 0 spiro atoms. The first-order valence-corrected chi connectivity index (χ1v) is 6.36. The lowest BCUT2D eigenvalue weighted by Crippen LogP contribution is -2.18. The molecule has 1 aliphatic carbocycles. The van der Waals surface area contributed by atoms with Gasteiger partial charge in [0.1, 0.15) is 0 Å². The minimum atomic E-state index is -0.0435. The molecular formula is C13H19N3O. The average Bonchev–Trinajstić information content (AvgIpc) is 2.64. The minimum Gasteiger partial charge on any atom is -0.339 e. The van der Waals surface area contributed by atoms with Crippen molar-refractivity contribution < 1.29 is 4.52 Å². The highest BCUT2D eigenvalue weighted by Gasteiger charge is 2.28. The van der Waals surface area contributed by atoms with Crippen LogP contribution in [0.25, 0.3) is 0 Å². The Morgan fingerprint density at radius 1 is 1.53 bits per heavy atom. The molecule has 1 atom stereocenters. The summed E-state index contributed by atoms with van der Waals surface area (Å²) in [6.07, 6.45) is 5.82. The van der Waals surface area contributed by atoms with Gasteiger partial charge in [0.25, 0.3) is 0 Å². The van der Waals surface area contributed by atoms with E-state index in [-0.39, 0.29) is 5.41 Å². The standard InChI is InChI=1S/C13H19N3O/c1-3-13(2,7-8-14)9-11-15-12(16-17-11)10-5-4-6-10/h10H,3-7,9H2,1-2H3. The van der Waals surface area contributed by atoms with Crippen LogP contribution in [-0.4, -0.2) is 10.1 Å². The Morgan fingerprint density at radius 3 is 2.82 bits per heavy atom. The van der Waals surface area contributed by atoms with Gasteiger partial charge in [0.15, 0.2) is 5.82 Å². The molecule has 0 radical (unpaired) electrons. The molecule has 1 saturated carbocycles. The van der Waals surface area contributed by atoms with E-state index < -0.39 is 0 Å². The highest BCUT2D eigenvalue weighted by atomic mass is 16.5. The molecule has 1 heterocycles. The van der Waals surface area contributed by atoms with Crippen LogP contribution < -0.4 is 0 Å². The van der Waals surface area contributed by atoms with Crippen LogP contribution in [0.5, 0.6) is 0 Å². The topological polar surface area (TPSA) is 62.7 Å². The van der Waals surface area contributed by atoms with E-state index in [9.17, 15) is 0 Å². The van der Waals surface area contributed by atoms with Crippen LogP contribution >= 0.6 is 0 Å². The molecule has 1 aromatic heterocycles. The summed E-state index contributed by atoms with van der Waals surface area (Å²) in [5, 5.41) is 12.9. The lowest BCUT2D eigenvalue weighted by Gasteiger charge is -2.23. The monoisotopic (exact) mass is 233 g/mol. The van der Waals surface area contributed by atoms with E-state index >= 15 is 0 Å². The summed E-state index contributed by atoms with van der Waals surface area (Å²) >= 11 is 0. The number of hydrogen-bond donors (Lipinski definition) is 0. The van der Waals surface area contributed by atoms with Gasteiger partial charge in [0.2, 0.25) is 5.89 Å². The van der Waals surface area contributed by atoms with Crippen molar-refractivity contribution in [2.24, 2.45) is 5.41 Å². The zero-order valence-electron chi connectivity index (χ0n) is 10.6. The summed E-state index contributed by atoms with van der Waals surface area (Å²) in [5.74, 6) is 2.06. The molecule has 1 aromatic rings. The second-order valence-electron chi connectivity index (χ2n) is 5.35. The molecule has 0 aliphatic heterocycles. The summed E-state index contributed by atoms with van der Waals surface area (Å²) in [5.41, 5.74) is -0.0435. The van der Waals surface area contributed by atoms with Crippen molar-refractivity contribution in [3.05, 3.63) is 11.7 Å². The first-order chi connectivity index (χ1) is 8.17. The van der Waals surface area contributed by atoms with E-state index in [1.54, 1.807) is 0 Å². The molecule has 0 aromatic carbocycles. The summed E-state index contributed by atoms with van der Waals surface area (Å²) in [7, 11) is 0. The Balaban J connectivity index is 2.02. The predicted octanol–water partition coefficient (Wildman–Crippen LogP) is 3.21. The lowest BCUT2D eigenvalue weighted by molar-refractivity contribution is 0.264. The van der Waals surface area contributed by atoms with E-state index in [1.807, 2.05) is 0 Å². The maximum Gasteiger partial charge on any atom is 0.227 e. The van der Waals surface area contributed by atoms with Crippen molar-refractivity contribution in [1.82, 2.24) is 10.1 Å². The number of aromatic nitrogens is 2. The molecule has 4 nitrogen and oxygen atoms in total. The van der Waals surface area contributed by atoms with Gasteiger partial charge in [-0.15, -0.1) is 0 Å². The average molecular weight is 233 g/mol. The second-order valence-corrected chi connectivity index (χ2v) is 5.35. The molecule has 4 heteroatoms. The van der Waals surface area contributed by atoms with Gasteiger partial charge >= 0.3 is 0 Å². The van der Waals surface area contributed by atoms with Gasteiger partial charge in [-0.1, -0.05) is 25.4 Å². The zero-order chi connectivity index (χ0) is 12.3. The molecule has 1 aliphatic rings. The summed E-state index contributed by atoms with van der Waals surface area (Å²) in [4.78, 5) is 4.46. The van der Waals surface area contributed by atoms with Crippen LogP contribution in [-0.2, 0) is 6.42 Å². The third kappa shape index (κ3) is 2.66. The summed E-state index contributed by atoms with van der Waals surface area (Å²) in [6.45, 7) is 4.20. The van der Waals surface area contributed by atoms with E-state index in [0.717, 1.165) is 12.2 Å². The first kappa shape index (κ1) is 12.1. The van der Waals surface area contributed by atoms with Crippen LogP contribution in [0, 0.1) is 16.7 Å².